The molecule has 0 atom stereocenters. The minimum absolute atomic E-state index is 0.892. The first-order chi connectivity index (χ1) is 14.7. The fourth-order valence-corrected chi connectivity index (χ4v) is 4.10. The van der Waals surface area contributed by atoms with Gasteiger partial charge in [0, 0.05) is 33.8 Å². The third-order valence-corrected chi connectivity index (χ3v) is 5.51. The molecule has 3 heteroatoms. The van der Waals surface area contributed by atoms with Gasteiger partial charge in [0.05, 0.1) is 11.4 Å². The molecule has 30 heavy (non-hydrogen) atoms. The van der Waals surface area contributed by atoms with Crippen LogP contribution in [0.4, 0.5) is 0 Å². The molecule has 0 saturated carbocycles. The van der Waals surface area contributed by atoms with Gasteiger partial charge in [-0.3, -0.25) is 0 Å². The third kappa shape index (κ3) is 3.15. The Morgan fingerprint density at radius 1 is 0.700 bits per heavy atom. The number of imidazole rings is 1. The Balaban J connectivity index is 1.69. The summed E-state index contributed by atoms with van der Waals surface area (Å²) in [7, 11) is 0. The highest BCUT2D eigenvalue weighted by Gasteiger charge is 2.19. The third-order valence-electron chi connectivity index (χ3n) is 5.51. The largest absolute Gasteiger partial charge is 0.337 e. The SMILES string of the molecule is Cc1cc(-c2nc(-c3ccccc3)c(-c3ccccc3)[nH]2)c(C)n1-c1ccccc1. The van der Waals surface area contributed by atoms with Crippen molar-refractivity contribution in [2.24, 2.45) is 0 Å². The molecular formula is C27H23N3. The molecule has 0 aliphatic rings. The van der Waals surface area contributed by atoms with E-state index in [1.165, 1.54) is 11.4 Å². The number of aromatic amines is 1. The molecule has 0 aliphatic heterocycles. The molecule has 0 fully saturated rings. The highest BCUT2D eigenvalue weighted by molar-refractivity contribution is 5.81. The predicted octanol–water partition coefficient (Wildman–Crippen LogP) is 6.82. The Morgan fingerprint density at radius 3 is 1.90 bits per heavy atom. The van der Waals surface area contributed by atoms with Crippen molar-refractivity contribution in [3.63, 3.8) is 0 Å². The van der Waals surface area contributed by atoms with E-state index < -0.39 is 0 Å². The molecule has 1 N–H and O–H groups in total. The molecule has 0 radical (unpaired) electrons. The Bertz CT molecular complexity index is 1220. The van der Waals surface area contributed by atoms with Crippen LogP contribution in [-0.4, -0.2) is 14.5 Å². The Kier molecular flexibility index (Phi) is 4.56. The Labute approximate surface area is 176 Å². The highest BCUT2D eigenvalue weighted by atomic mass is 15.0. The van der Waals surface area contributed by atoms with Crippen molar-refractivity contribution in [2.45, 2.75) is 13.8 Å². The molecule has 0 saturated heterocycles. The molecule has 3 aromatic carbocycles. The molecule has 0 spiro atoms. The zero-order valence-corrected chi connectivity index (χ0v) is 17.1. The first kappa shape index (κ1) is 18.2. The van der Waals surface area contributed by atoms with Crippen molar-refractivity contribution in [3.05, 3.63) is 108 Å². The zero-order valence-electron chi connectivity index (χ0n) is 17.1. The minimum Gasteiger partial charge on any atom is -0.337 e. The normalized spacial score (nSPS) is 11.0. The number of aromatic nitrogens is 3. The molecule has 2 aromatic heterocycles. The van der Waals surface area contributed by atoms with Crippen LogP contribution in [0.15, 0.2) is 97.1 Å². The summed E-state index contributed by atoms with van der Waals surface area (Å²) in [6, 6.07) is 33.4. The molecule has 0 amide bonds. The van der Waals surface area contributed by atoms with Gasteiger partial charge >= 0.3 is 0 Å². The number of hydrogen-bond acceptors (Lipinski definition) is 1. The summed E-state index contributed by atoms with van der Waals surface area (Å²) >= 11 is 0. The average molecular weight is 390 g/mol. The molecule has 146 valence electrons. The van der Waals surface area contributed by atoms with Crippen molar-refractivity contribution >= 4 is 0 Å². The molecular weight excluding hydrogens is 366 g/mol. The summed E-state index contributed by atoms with van der Waals surface area (Å²) in [6.07, 6.45) is 0. The van der Waals surface area contributed by atoms with Crippen LogP contribution >= 0.6 is 0 Å². The van der Waals surface area contributed by atoms with Crippen LogP contribution < -0.4 is 0 Å². The smallest absolute Gasteiger partial charge is 0.140 e. The number of rotatable bonds is 4. The van der Waals surface area contributed by atoms with E-state index in [4.69, 9.17) is 4.98 Å². The van der Waals surface area contributed by atoms with E-state index >= 15 is 0 Å². The molecule has 5 rings (SSSR count). The summed E-state index contributed by atoms with van der Waals surface area (Å²) in [5.74, 6) is 0.892. The molecule has 3 nitrogen and oxygen atoms in total. The number of para-hydroxylation sites is 1. The van der Waals surface area contributed by atoms with Gasteiger partial charge < -0.3 is 9.55 Å². The van der Waals surface area contributed by atoms with Crippen molar-refractivity contribution in [3.8, 4) is 39.6 Å². The quantitative estimate of drug-likeness (QED) is 0.359. The first-order valence-corrected chi connectivity index (χ1v) is 10.2. The number of hydrogen-bond donors (Lipinski definition) is 1. The van der Waals surface area contributed by atoms with Gasteiger partial charge in [-0.05, 0) is 32.0 Å². The first-order valence-electron chi connectivity index (χ1n) is 10.2. The van der Waals surface area contributed by atoms with Crippen molar-refractivity contribution in [1.82, 2.24) is 14.5 Å². The second-order valence-corrected chi connectivity index (χ2v) is 7.50. The van der Waals surface area contributed by atoms with Crippen LogP contribution in [0.2, 0.25) is 0 Å². The lowest BCUT2D eigenvalue weighted by Crippen LogP contribution is -1.98. The predicted molar refractivity (Wildman–Crippen MR) is 124 cm³/mol. The molecule has 2 heterocycles. The van der Waals surface area contributed by atoms with E-state index in [-0.39, 0.29) is 0 Å². The van der Waals surface area contributed by atoms with Crippen molar-refractivity contribution < 1.29 is 0 Å². The van der Waals surface area contributed by atoms with Crippen molar-refractivity contribution in [1.29, 1.82) is 0 Å². The van der Waals surface area contributed by atoms with Gasteiger partial charge in [-0.1, -0.05) is 78.9 Å². The van der Waals surface area contributed by atoms with Gasteiger partial charge in [-0.2, -0.15) is 0 Å². The summed E-state index contributed by atoms with van der Waals surface area (Å²) in [4.78, 5) is 8.69. The average Bonchev–Trinajstić information content (AvgIpc) is 3.36. The standard InChI is InChI=1S/C27H23N3/c1-19-18-24(20(2)30(19)23-16-10-5-11-17-23)27-28-25(21-12-6-3-7-13-21)26(29-27)22-14-8-4-9-15-22/h3-18H,1-2H3,(H,28,29). The highest BCUT2D eigenvalue weighted by Crippen LogP contribution is 2.35. The summed E-state index contributed by atoms with van der Waals surface area (Å²) in [5, 5.41) is 0. The fourth-order valence-electron chi connectivity index (χ4n) is 4.10. The lowest BCUT2D eigenvalue weighted by Gasteiger charge is -2.09. The number of nitrogens with one attached hydrogen (secondary N) is 1. The lowest BCUT2D eigenvalue weighted by molar-refractivity contribution is 0.965. The van der Waals surface area contributed by atoms with Gasteiger partial charge in [0.1, 0.15) is 5.82 Å². The molecule has 0 aliphatic carbocycles. The van der Waals surface area contributed by atoms with E-state index in [0.29, 0.717) is 0 Å². The summed E-state index contributed by atoms with van der Waals surface area (Å²) in [6.45, 7) is 4.30. The minimum atomic E-state index is 0.892. The van der Waals surface area contributed by atoms with Gasteiger partial charge in [0.15, 0.2) is 0 Å². The maximum atomic E-state index is 5.07. The Morgan fingerprint density at radius 2 is 1.27 bits per heavy atom. The van der Waals surface area contributed by atoms with E-state index in [2.05, 4.69) is 102 Å². The monoisotopic (exact) mass is 389 g/mol. The van der Waals surface area contributed by atoms with Crippen LogP contribution in [0.25, 0.3) is 39.6 Å². The molecule has 5 aromatic rings. The number of H-pyrrole nitrogens is 1. The summed E-state index contributed by atoms with van der Waals surface area (Å²) < 4.78 is 2.28. The molecule has 0 bridgehead atoms. The second kappa shape index (κ2) is 7.53. The van der Waals surface area contributed by atoms with Crippen LogP contribution in [0.1, 0.15) is 11.4 Å². The molecule has 0 unspecified atom stereocenters. The van der Waals surface area contributed by atoms with E-state index in [0.717, 1.165) is 39.6 Å². The van der Waals surface area contributed by atoms with E-state index in [9.17, 15) is 0 Å². The topological polar surface area (TPSA) is 33.6 Å². The zero-order chi connectivity index (χ0) is 20.5. The van der Waals surface area contributed by atoms with Crippen LogP contribution in [-0.2, 0) is 0 Å². The number of aryl methyl sites for hydroxylation is 1. The van der Waals surface area contributed by atoms with Gasteiger partial charge in [-0.15, -0.1) is 0 Å². The van der Waals surface area contributed by atoms with Gasteiger partial charge in [-0.25, -0.2) is 4.98 Å². The van der Waals surface area contributed by atoms with E-state index in [1.54, 1.807) is 0 Å². The lowest BCUT2D eigenvalue weighted by atomic mass is 10.1. The van der Waals surface area contributed by atoms with Crippen LogP contribution in [0.5, 0.6) is 0 Å². The second-order valence-electron chi connectivity index (χ2n) is 7.50. The number of nitrogens with zero attached hydrogens (tertiary/aromatic N) is 2. The maximum absolute atomic E-state index is 5.07. The summed E-state index contributed by atoms with van der Waals surface area (Å²) in [5.41, 5.74) is 8.90. The van der Waals surface area contributed by atoms with Crippen LogP contribution in [0.3, 0.4) is 0 Å². The van der Waals surface area contributed by atoms with Gasteiger partial charge in [0.25, 0.3) is 0 Å². The maximum Gasteiger partial charge on any atom is 0.140 e. The van der Waals surface area contributed by atoms with Gasteiger partial charge in [0.2, 0.25) is 0 Å². The Hall–Kier alpha value is -3.85. The van der Waals surface area contributed by atoms with E-state index in [1.807, 2.05) is 18.2 Å². The van der Waals surface area contributed by atoms with Crippen molar-refractivity contribution in [2.75, 3.05) is 0 Å². The number of benzene rings is 3. The van der Waals surface area contributed by atoms with Crippen LogP contribution in [0, 0.1) is 13.8 Å². The fraction of sp³-hybridized carbons (Fsp3) is 0.0741.